The van der Waals surface area contributed by atoms with Crippen LogP contribution in [0.3, 0.4) is 0 Å². The fourth-order valence-corrected chi connectivity index (χ4v) is 2.38. The molecule has 4 N–H and O–H groups in total. The molecule has 2 rings (SSSR count). The first kappa shape index (κ1) is 21.7. The summed E-state index contributed by atoms with van der Waals surface area (Å²) < 4.78 is 0. The zero-order chi connectivity index (χ0) is 15.2. The summed E-state index contributed by atoms with van der Waals surface area (Å²) in [4.78, 5) is 19.9. The van der Waals surface area contributed by atoms with Crippen LogP contribution >= 0.6 is 24.8 Å². The lowest BCUT2D eigenvalue weighted by Gasteiger charge is -2.18. The number of benzene rings is 1. The van der Waals surface area contributed by atoms with Crippen molar-refractivity contribution in [2.24, 2.45) is 11.7 Å². The summed E-state index contributed by atoms with van der Waals surface area (Å²) in [5.41, 5.74) is 7.38. The van der Waals surface area contributed by atoms with E-state index in [1.54, 1.807) is 0 Å². The van der Waals surface area contributed by atoms with Crippen molar-refractivity contribution >= 4 is 41.8 Å². The first-order chi connectivity index (χ1) is 10.1. The minimum atomic E-state index is -0.0809. The van der Waals surface area contributed by atoms with Gasteiger partial charge >= 0.3 is 0 Å². The number of imidazole rings is 1. The standard InChI is InChI=1S/C16H24N4O.2ClH/c1-11(2)10-14(18-15(21)8-5-9-17)16-19-12-6-3-4-7-13(12)20-16;;/h3-4,6-7,11,14H,5,8-10,17H2,1-2H3,(H,18,21)(H,19,20);2*1H. The molecule has 0 aliphatic heterocycles. The summed E-state index contributed by atoms with van der Waals surface area (Å²) in [6, 6.07) is 7.82. The number of nitrogens with zero attached hydrogens (tertiary/aromatic N) is 1. The minimum absolute atomic E-state index is 0. The van der Waals surface area contributed by atoms with Gasteiger partial charge in [0.15, 0.2) is 0 Å². The van der Waals surface area contributed by atoms with E-state index in [4.69, 9.17) is 5.73 Å². The second-order valence-corrected chi connectivity index (χ2v) is 5.78. The van der Waals surface area contributed by atoms with Gasteiger partial charge in [0.05, 0.1) is 17.1 Å². The number of carbonyl (C=O) groups excluding carboxylic acids is 1. The fraction of sp³-hybridized carbons (Fsp3) is 0.500. The van der Waals surface area contributed by atoms with E-state index in [-0.39, 0.29) is 36.8 Å². The highest BCUT2D eigenvalue weighted by atomic mass is 35.5. The number of carbonyl (C=O) groups is 1. The van der Waals surface area contributed by atoms with Crippen molar-refractivity contribution in [3.8, 4) is 0 Å². The van der Waals surface area contributed by atoms with Gasteiger partial charge < -0.3 is 16.0 Å². The number of para-hydroxylation sites is 2. The molecule has 130 valence electrons. The van der Waals surface area contributed by atoms with Crippen molar-refractivity contribution in [3.05, 3.63) is 30.1 Å². The van der Waals surface area contributed by atoms with Crippen LogP contribution in [-0.2, 0) is 4.79 Å². The van der Waals surface area contributed by atoms with Gasteiger partial charge in [-0.25, -0.2) is 4.98 Å². The highest BCUT2D eigenvalue weighted by Gasteiger charge is 2.19. The first-order valence-electron chi connectivity index (χ1n) is 7.54. The van der Waals surface area contributed by atoms with E-state index in [2.05, 4.69) is 29.1 Å². The summed E-state index contributed by atoms with van der Waals surface area (Å²) in [5.74, 6) is 1.33. The van der Waals surface area contributed by atoms with Gasteiger partial charge in [-0.2, -0.15) is 0 Å². The Morgan fingerprint density at radius 1 is 1.30 bits per heavy atom. The lowest BCUT2D eigenvalue weighted by Crippen LogP contribution is -2.30. The van der Waals surface area contributed by atoms with Crippen molar-refractivity contribution in [1.29, 1.82) is 0 Å². The van der Waals surface area contributed by atoms with Crippen LogP contribution in [0.2, 0.25) is 0 Å². The molecule has 1 aromatic heterocycles. The second kappa shape index (κ2) is 10.5. The molecule has 0 radical (unpaired) electrons. The van der Waals surface area contributed by atoms with E-state index in [0.717, 1.165) is 23.3 Å². The van der Waals surface area contributed by atoms with E-state index in [0.29, 0.717) is 25.3 Å². The Balaban J connectivity index is 0.00000242. The number of nitrogens with one attached hydrogen (secondary N) is 2. The Labute approximate surface area is 149 Å². The molecule has 0 saturated heterocycles. The third-order valence-corrected chi connectivity index (χ3v) is 3.39. The van der Waals surface area contributed by atoms with Crippen LogP contribution in [0.4, 0.5) is 0 Å². The van der Waals surface area contributed by atoms with Gasteiger partial charge in [-0.05, 0) is 37.4 Å². The number of aromatic amines is 1. The highest BCUT2D eigenvalue weighted by molar-refractivity contribution is 5.85. The van der Waals surface area contributed by atoms with Crippen LogP contribution < -0.4 is 11.1 Å². The van der Waals surface area contributed by atoms with Gasteiger partial charge in [-0.15, -0.1) is 24.8 Å². The lowest BCUT2D eigenvalue weighted by molar-refractivity contribution is -0.122. The maximum Gasteiger partial charge on any atom is 0.220 e. The van der Waals surface area contributed by atoms with Gasteiger partial charge in [0, 0.05) is 6.42 Å². The van der Waals surface area contributed by atoms with Crippen LogP contribution in [0.5, 0.6) is 0 Å². The van der Waals surface area contributed by atoms with Crippen molar-refractivity contribution < 1.29 is 4.79 Å². The molecule has 2 aromatic rings. The maximum atomic E-state index is 12.0. The molecule has 1 amide bonds. The van der Waals surface area contributed by atoms with Crippen LogP contribution in [0.1, 0.15) is 45.0 Å². The number of halogens is 2. The molecule has 1 heterocycles. The van der Waals surface area contributed by atoms with Crippen molar-refractivity contribution in [1.82, 2.24) is 15.3 Å². The summed E-state index contributed by atoms with van der Waals surface area (Å²) in [5, 5.41) is 3.07. The third-order valence-electron chi connectivity index (χ3n) is 3.39. The van der Waals surface area contributed by atoms with Gasteiger partial charge in [-0.3, -0.25) is 4.79 Å². The molecule has 0 aliphatic carbocycles. The average Bonchev–Trinajstić information content (AvgIpc) is 2.87. The SMILES string of the molecule is CC(C)CC(NC(=O)CCCN)c1nc2ccccc2[nH]1.Cl.Cl. The van der Waals surface area contributed by atoms with Crippen LogP contribution in [0.15, 0.2) is 24.3 Å². The molecule has 0 fully saturated rings. The molecule has 0 aliphatic rings. The largest absolute Gasteiger partial charge is 0.346 e. The van der Waals surface area contributed by atoms with Gasteiger partial charge in [0.25, 0.3) is 0 Å². The molecule has 0 saturated carbocycles. The lowest BCUT2D eigenvalue weighted by atomic mass is 10.0. The topological polar surface area (TPSA) is 83.8 Å². The van der Waals surface area contributed by atoms with Crippen molar-refractivity contribution in [3.63, 3.8) is 0 Å². The Morgan fingerprint density at radius 3 is 2.61 bits per heavy atom. The monoisotopic (exact) mass is 360 g/mol. The van der Waals surface area contributed by atoms with Crippen molar-refractivity contribution in [2.75, 3.05) is 6.54 Å². The summed E-state index contributed by atoms with van der Waals surface area (Å²) in [6.07, 6.45) is 2.03. The molecule has 7 heteroatoms. The molecule has 5 nitrogen and oxygen atoms in total. The number of H-pyrrole nitrogens is 1. The maximum absolute atomic E-state index is 12.0. The Kier molecular flexibility index (Phi) is 9.88. The molecular weight excluding hydrogens is 335 g/mol. The van der Waals surface area contributed by atoms with Gasteiger partial charge in [0.2, 0.25) is 5.91 Å². The molecule has 0 bridgehead atoms. The van der Waals surface area contributed by atoms with Gasteiger partial charge in [-0.1, -0.05) is 26.0 Å². The highest BCUT2D eigenvalue weighted by Crippen LogP contribution is 2.22. The van der Waals surface area contributed by atoms with Crippen LogP contribution in [0.25, 0.3) is 11.0 Å². The normalized spacial score (nSPS) is 11.7. The zero-order valence-electron chi connectivity index (χ0n) is 13.5. The van der Waals surface area contributed by atoms with E-state index in [1.807, 2.05) is 24.3 Å². The number of fused-ring (bicyclic) bond motifs is 1. The summed E-state index contributed by atoms with van der Waals surface area (Å²) in [6.45, 7) is 4.82. The zero-order valence-corrected chi connectivity index (χ0v) is 15.2. The number of nitrogens with two attached hydrogens (primary N) is 1. The number of hydrogen-bond donors (Lipinski definition) is 3. The Hall–Kier alpha value is -1.30. The molecular formula is C16H26Cl2N4O. The first-order valence-corrected chi connectivity index (χ1v) is 7.54. The molecule has 1 aromatic carbocycles. The minimum Gasteiger partial charge on any atom is -0.346 e. The number of amides is 1. The Bertz CT molecular complexity index is 568. The number of hydrogen-bond acceptors (Lipinski definition) is 3. The molecule has 1 atom stereocenters. The summed E-state index contributed by atoms with van der Waals surface area (Å²) in [7, 11) is 0. The third kappa shape index (κ3) is 6.37. The smallest absolute Gasteiger partial charge is 0.220 e. The van der Waals surface area contributed by atoms with Gasteiger partial charge in [0.1, 0.15) is 5.82 Å². The molecule has 1 unspecified atom stereocenters. The average molecular weight is 361 g/mol. The predicted octanol–water partition coefficient (Wildman–Crippen LogP) is 3.35. The predicted molar refractivity (Wildman–Crippen MR) is 99.2 cm³/mol. The van der Waals surface area contributed by atoms with E-state index < -0.39 is 0 Å². The van der Waals surface area contributed by atoms with E-state index in [1.165, 1.54) is 0 Å². The second-order valence-electron chi connectivity index (χ2n) is 5.78. The molecule has 0 spiro atoms. The fourth-order valence-electron chi connectivity index (χ4n) is 2.38. The quantitative estimate of drug-likeness (QED) is 0.707. The van der Waals surface area contributed by atoms with E-state index in [9.17, 15) is 4.79 Å². The van der Waals surface area contributed by atoms with Crippen molar-refractivity contribution in [2.45, 2.75) is 39.2 Å². The van der Waals surface area contributed by atoms with Crippen LogP contribution in [0, 0.1) is 5.92 Å². The summed E-state index contributed by atoms with van der Waals surface area (Å²) >= 11 is 0. The number of aromatic nitrogens is 2. The number of rotatable bonds is 7. The molecule has 23 heavy (non-hydrogen) atoms. The van der Waals surface area contributed by atoms with E-state index >= 15 is 0 Å². The Morgan fingerprint density at radius 2 is 2.00 bits per heavy atom. The van der Waals surface area contributed by atoms with Crippen LogP contribution in [-0.4, -0.2) is 22.4 Å².